The Balaban J connectivity index is 2.12. The lowest BCUT2D eigenvalue weighted by Gasteiger charge is -2.08. The molecule has 2 aromatic carbocycles. The Labute approximate surface area is 118 Å². The first-order chi connectivity index (χ1) is 9.19. The van der Waals surface area contributed by atoms with Crippen LogP contribution in [-0.2, 0) is 6.61 Å². The number of hydrogen-bond acceptors (Lipinski definition) is 2. The molecule has 2 rings (SSSR count). The predicted molar refractivity (Wildman–Crippen MR) is 76.8 cm³/mol. The molecule has 0 unspecified atom stereocenters. The topological polar surface area (TPSA) is 26.3 Å². The highest BCUT2D eigenvalue weighted by molar-refractivity contribution is 6.31. The van der Waals surface area contributed by atoms with E-state index in [0.717, 1.165) is 5.56 Å². The summed E-state index contributed by atoms with van der Waals surface area (Å²) in [5.74, 6) is 0.681. The molecule has 0 aromatic heterocycles. The van der Waals surface area contributed by atoms with Crippen molar-refractivity contribution in [1.82, 2.24) is 0 Å². The van der Waals surface area contributed by atoms with Gasteiger partial charge in [-0.15, -0.1) is 0 Å². The number of halogens is 1. The third kappa shape index (κ3) is 3.83. The highest BCUT2D eigenvalue weighted by atomic mass is 35.5. The monoisotopic (exact) mass is 274 g/mol. The standard InChI is InChI=1S/C16H15ClO2/c1-2-16(18)13-8-14(17)10-15(9-13)19-11-12-6-4-3-5-7-12/h3-10H,2,11H2,1H3. The summed E-state index contributed by atoms with van der Waals surface area (Å²) >= 11 is 6.00. The van der Waals surface area contributed by atoms with E-state index in [1.54, 1.807) is 18.2 Å². The van der Waals surface area contributed by atoms with Gasteiger partial charge in [0.2, 0.25) is 0 Å². The molecule has 0 aliphatic carbocycles. The fourth-order valence-electron chi connectivity index (χ4n) is 1.75. The first kappa shape index (κ1) is 13.6. The maximum atomic E-state index is 11.7. The SMILES string of the molecule is CCC(=O)c1cc(Cl)cc(OCc2ccccc2)c1. The van der Waals surface area contributed by atoms with E-state index in [4.69, 9.17) is 16.3 Å². The third-order valence-corrected chi connectivity index (χ3v) is 2.98. The highest BCUT2D eigenvalue weighted by Crippen LogP contribution is 2.22. The number of ketones is 1. The molecule has 0 N–H and O–H groups in total. The summed E-state index contributed by atoms with van der Waals surface area (Å²) in [6.07, 6.45) is 0.457. The van der Waals surface area contributed by atoms with Crippen molar-refractivity contribution in [3.05, 3.63) is 64.7 Å². The summed E-state index contributed by atoms with van der Waals surface area (Å²) in [5, 5.41) is 0.516. The Morgan fingerprint density at radius 3 is 2.58 bits per heavy atom. The average molecular weight is 275 g/mol. The number of rotatable bonds is 5. The van der Waals surface area contributed by atoms with Crippen molar-refractivity contribution in [2.24, 2.45) is 0 Å². The van der Waals surface area contributed by atoms with Crippen molar-refractivity contribution < 1.29 is 9.53 Å². The molecule has 0 spiro atoms. The van der Waals surface area contributed by atoms with Crippen LogP contribution in [0.3, 0.4) is 0 Å². The summed E-state index contributed by atoms with van der Waals surface area (Å²) in [4.78, 5) is 11.7. The van der Waals surface area contributed by atoms with Crippen LogP contribution in [0.15, 0.2) is 48.5 Å². The van der Waals surface area contributed by atoms with Crippen LogP contribution in [0.2, 0.25) is 5.02 Å². The molecule has 98 valence electrons. The smallest absolute Gasteiger partial charge is 0.162 e. The summed E-state index contributed by atoms with van der Waals surface area (Å²) < 4.78 is 5.67. The second-order valence-electron chi connectivity index (χ2n) is 4.23. The Hall–Kier alpha value is -1.80. The number of hydrogen-bond donors (Lipinski definition) is 0. The van der Waals surface area contributed by atoms with Crippen LogP contribution in [-0.4, -0.2) is 5.78 Å². The molecular formula is C16H15ClO2. The van der Waals surface area contributed by atoms with Gasteiger partial charge in [0.15, 0.2) is 5.78 Å². The van der Waals surface area contributed by atoms with Gasteiger partial charge in [-0.05, 0) is 23.8 Å². The van der Waals surface area contributed by atoms with E-state index < -0.39 is 0 Å². The molecule has 0 bridgehead atoms. The maximum Gasteiger partial charge on any atom is 0.162 e. The van der Waals surface area contributed by atoms with Crippen molar-refractivity contribution in [3.63, 3.8) is 0 Å². The molecule has 0 aliphatic heterocycles. The molecular weight excluding hydrogens is 260 g/mol. The van der Waals surface area contributed by atoms with Crippen molar-refractivity contribution in [2.75, 3.05) is 0 Å². The summed E-state index contributed by atoms with van der Waals surface area (Å²) in [6.45, 7) is 2.29. The van der Waals surface area contributed by atoms with Gasteiger partial charge in [0, 0.05) is 17.0 Å². The zero-order valence-electron chi connectivity index (χ0n) is 10.7. The van der Waals surface area contributed by atoms with E-state index in [1.165, 1.54) is 0 Å². The molecule has 0 fully saturated rings. The summed E-state index contributed by atoms with van der Waals surface area (Å²) in [7, 11) is 0. The first-order valence-corrected chi connectivity index (χ1v) is 6.57. The molecule has 2 aromatic rings. The molecule has 0 saturated heterocycles. The molecule has 0 amide bonds. The Bertz CT molecular complexity index is 564. The summed E-state index contributed by atoms with van der Waals surface area (Å²) in [5.41, 5.74) is 1.67. The second-order valence-corrected chi connectivity index (χ2v) is 4.66. The second kappa shape index (κ2) is 6.39. The molecule has 0 aliphatic rings. The molecule has 0 saturated carbocycles. The molecule has 0 radical (unpaired) electrons. The predicted octanol–water partition coefficient (Wildman–Crippen LogP) is 4.51. The van der Waals surface area contributed by atoms with E-state index in [2.05, 4.69) is 0 Å². The van der Waals surface area contributed by atoms with Crippen LogP contribution in [0, 0.1) is 0 Å². The van der Waals surface area contributed by atoms with Crippen LogP contribution in [0.4, 0.5) is 0 Å². The largest absolute Gasteiger partial charge is 0.489 e. The van der Waals surface area contributed by atoms with Gasteiger partial charge in [-0.3, -0.25) is 4.79 Å². The van der Waals surface area contributed by atoms with Gasteiger partial charge < -0.3 is 4.74 Å². The van der Waals surface area contributed by atoms with E-state index in [-0.39, 0.29) is 5.78 Å². The molecule has 0 heterocycles. The zero-order chi connectivity index (χ0) is 13.7. The van der Waals surface area contributed by atoms with E-state index in [1.807, 2.05) is 37.3 Å². The molecule has 2 nitrogen and oxygen atoms in total. The van der Waals surface area contributed by atoms with Crippen LogP contribution < -0.4 is 4.74 Å². The Morgan fingerprint density at radius 2 is 1.89 bits per heavy atom. The number of Topliss-reactive ketones (excluding diaryl/α,β-unsaturated/α-hetero) is 1. The minimum Gasteiger partial charge on any atom is -0.489 e. The minimum absolute atomic E-state index is 0.0621. The van der Waals surface area contributed by atoms with Crippen LogP contribution in [0.1, 0.15) is 29.3 Å². The van der Waals surface area contributed by atoms with Gasteiger partial charge >= 0.3 is 0 Å². The van der Waals surface area contributed by atoms with Gasteiger partial charge in [0.1, 0.15) is 12.4 Å². The number of carbonyl (C=O) groups is 1. The molecule has 3 heteroatoms. The first-order valence-electron chi connectivity index (χ1n) is 6.19. The number of carbonyl (C=O) groups excluding carboxylic acids is 1. The van der Waals surface area contributed by atoms with Crippen LogP contribution in [0.5, 0.6) is 5.75 Å². The van der Waals surface area contributed by atoms with Gasteiger partial charge in [0.05, 0.1) is 0 Å². The van der Waals surface area contributed by atoms with E-state index in [0.29, 0.717) is 29.4 Å². The summed E-state index contributed by atoms with van der Waals surface area (Å²) in [6, 6.07) is 15.0. The highest BCUT2D eigenvalue weighted by Gasteiger charge is 2.07. The van der Waals surface area contributed by atoms with Gasteiger partial charge in [-0.25, -0.2) is 0 Å². The lowest BCUT2D eigenvalue weighted by atomic mass is 10.1. The lowest BCUT2D eigenvalue weighted by Crippen LogP contribution is -1.99. The molecule has 19 heavy (non-hydrogen) atoms. The maximum absolute atomic E-state index is 11.7. The number of benzene rings is 2. The normalized spacial score (nSPS) is 10.2. The van der Waals surface area contributed by atoms with Crippen LogP contribution >= 0.6 is 11.6 Å². The zero-order valence-corrected chi connectivity index (χ0v) is 11.5. The van der Waals surface area contributed by atoms with Crippen molar-refractivity contribution in [2.45, 2.75) is 20.0 Å². The van der Waals surface area contributed by atoms with Gasteiger partial charge in [0.25, 0.3) is 0 Å². The van der Waals surface area contributed by atoms with E-state index >= 15 is 0 Å². The van der Waals surface area contributed by atoms with Crippen molar-refractivity contribution in [1.29, 1.82) is 0 Å². The minimum atomic E-state index is 0.0621. The fourth-order valence-corrected chi connectivity index (χ4v) is 1.98. The number of ether oxygens (including phenoxy) is 1. The van der Waals surface area contributed by atoms with Crippen LogP contribution in [0.25, 0.3) is 0 Å². The van der Waals surface area contributed by atoms with Crippen molar-refractivity contribution >= 4 is 17.4 Å². The van der Waals surface area contributed by atoms with E-state index in [9.17, 15) is 4.79 Å². The molecule has 0 atom stereocenters. The van der Waals surface area contributed by atoms with Gasteiger partial charge in [-0.1, -0.05) is 48.9 Å². The Morgan fingerprint density at radius 1 is 1.16 bits per heavy atom. The Kier molecular flexibility index (Phi) is 4.58. The van der Waals surface area contributed by atoms with Gasteiger partial charge in [-0.2, -0.15) is 0 Å². The van der Waals surface area contributed by atoms with Crippen molar-refractivity contribution in [3.8, 4) is 5.75 Å². The quantitative estimate of drug-likeness (QED) is 0.750. The third-order valence-electron chi connectivity index (χ3n) is 2.76. The lowest BCUT2D eigenvalue weighted by molar-refractivity contribution is 0.0987. The fraction of sp³-hybridized carbons (Fsp3) is 0.188. The average Bonchev–Trinajstić information content (AvgIpc) is 2.45.